The van der Waals surface area contributed by atoms with Gasteiger partial charge in [-0.1, -0.05) is 29.2 Å². The molecule has 0 unspecified atom stereocenters. The first kappa shape index (κ1) is 53.9. The minimum absolute atomic E-state index is 0. The minimum atomic E-state index is 0. The first-order valence-corrected chi connectivity index (χ1v) is 1.57. The summed E-state index contributed by atoms with van der Waals surface area (Å²) in [5.41, 5.74) is 0. The van der Waals surface area contributed by atoms with Gasteiger partial charge in [0.1, 0.15) is 0 Å². The van der Waals surface area contributed by atoms with Gasteiger partial charge in [-0.15, -0.1) is 0 Å². The van der Waals surface area contributed by atoms with E-state index in [-0.39, 0.29) is 132 Å². The van der Waals surface area contributed by atoms with Crippen molar-refractivity contribution in [1.29, 1.82) is 0 Å². The Kier molecular flexibility index (Phi) is 368. The van der Waals surface area contributed by atoms with Crippen molar-refractivity contribution >= 4 is 12.6 Å². The molecule has 0 nitrogen and oxygen atoms in total. The van der Waals surface area contributed by atoms with Crippen LogP contribution >= 0.6 is 0 Å². The van der Waals surface area contributed by atoms with Gasteiger partial charge < -0.3 is 20.1 Å². The summed E-state index contributed by atoms with van der Waals surface area (Å²) < 4.78 is 0. The van der Waals surface area contributed by atoms with Crippen LogP contribution in [-0.4, -0.2) is 5.75 Å². The summed E-state index contributed by atoms with van der Waals surface area (Å²) in [6.07, 6.45) is 0. The molecule has 0 aromatic carbocycles. The van der Waals surface area contributed by atoms with E-state index in [0.717, 1.165) is 5.75 Å². The fraction of sp³-hybridized carbons (Fsp3) is 0.833. The maximum Gasteiger partial charge on any atom is 1.00 e. The van der Waals surface area contributed by atoms with Crippen LogP contribution in [0.5, 0.6) is 0 Å². The van der Waals surface area contributed by atoms with Gasteiger partial charge in [0.15, 0.2) is 0 Å². The van der Waals surface area contributed by atoms with Crippen molar-refractivity contribution in [2.45, 2.75) is 29.2 Å². The van der Waals surface area contributed by atoms with Crippen LogP contribution in [0.15, 0.2) is 0 Å². The largest absolute Gasteiger partial charge is 1.00 e. The molecule has 0 amide bonds. The first-order chi connectivity index (χ1) is 1.41. The molecule has 0 saturated carbocycles. The Balaban J connectivity index is -0.00000000133. The molecule has 0 heterocycles. The Hall–Kier alpha value is 3.62. The van der Waals surface area contributed by atoms with Gasteiger partial charge in [0, 0.05) is 0 Å². The second kappa shape index (κ2) is 61.4. The fourth-order valence-electron chi connectivity index (χ4n) is 0. The summed E-state index contributed by atoms with van der Waals surface area (Å²) in [6.45, 7) is 1.94. The van der Waals surface area contributed by atoms with E-state index in [9.17, 15) is 0 Å². The zero-order valence-electron chi connectivity index (χ0n) is 5.12. The Morgan fingerprint density at radius 3 is 1.00 bits per heavy atom. The zero-order chi connectivity index (χ0) is 2.71. The molecule has 0 aliphatic rings. The van der Waals surface area contributed by atoms with Gasteiger partial charge in [-0.05, 0) is 0 Å². The van der Waals surface area contributed by atoms with E-state index >= 15 is 0 Å². The van der Waals surface area contributed by atoms with Crippen LogP contribution in [-0.2, 0) is 12.6 Å². The molecule has 0 rings (SSSR count). The molecule has 0 atom stereocenters. The molecule has 3 heteroatoms. The molecule has 0 bridgehead atoms. The van der Waals surface area contributed by atoms with Crippen LogP contribution in [0.3, 0.4) is 0 Å². The third kappa shape index (κ3) is 82.0. The SMILES string of the molecule is C.C.C.CC[S-].[CH3-].[K+].[K+]. The second-order valence-corrected chi connectivity index (χ2v) is 0.866. The first-order valence-electron chi connectivity index (χ1n) is 0.996. The van der Waals surface area contributed by atoms with Gasteiger partial charge in [0.25, 0.3) is 0 Å². The van der Waals surface area contributed by atoms with Crippen molar-refractivity contribution in [1.82, 2.24) is 0 Å². The third-order valence-corrected chi connectivity index (χ3v) is 0. The molecule has 0 aromatic rings. The van der Waals surface area contributed by atoms with Gasteiger partial charge in [0.2, 0.25) is 0 Å². The monoisotopic (exact) mass is 202 g/mol. The van der Waals surface area contributed by atoms with Gasteiger partial charge >= 0.3 is 103 Å². The average molecular weight is 202 g/mol. The zero-order valence-corrected chi connectivity index (χ0v) is 12.2. The molecular weight excluding hydrogens is 182 g/mol. The summed E-state index contributed by atoms with van der Waals surface area (Å²) in [4.78, 5) is 0. The standard InChI is InChI=1S/C2H6S.3CH4.CH3.2K/c1-2-3;;;;;;/h3H,2H2,1H3;3*1H4;1H3;;/q;;;;-1;2*+1/p-1. The molecular formula is C6H20K2S. The Bertz CT molecular complexity index is 11.0. The maximum absolute atomic E-state index is 4.39. The average Bonchev–Trinajstić information content (AvgIpc) is 0.918. The van der Waals surface area contributed by atoms with E-state index in [1.54, 1.807) is 0 Å². The molecule has 0 N–H and O–H groups in total. The van der Waals surface area contributed by atoms with Gasteiger partial charge in [-0.3, -0.25) is 0 Å². The van der Waals surface area contributed by atoms with Crippen molar-refractivity contribution in [2.75, 3.05) is 5.75 Å². The van der Waals surface area contributed by atoms with Crippen LogP contribution in [0, 0.1) is 7.43 Å². The maximum atomic E-state index is 4.39. The second-order valence-electron chi connectivity index (χ2n) is 0.289. The summed E-state index contributed by atoms with van der Waals surface area (Å²) >= 11 is 4.39. The molecule has 9 heavy (non-hydrogen) atoms. The number of hydrogen-bond donors (Lipinski definition) is 0. The van der Waals surface area contributed by atoms with E-state index in [4.69, 9.17) is 0 Å². The Labute approximate surface area is 154 Å². The van der Waals surface area contributed by atoms with Crippen molar-refractivity contribution < 1.29 is 103 Å². The normalized spacial score (nSPS) is 2.00. The molecule has 0 spiro atoms. The van der Waals surface area contributed by atoms with Gasteiger partial charge in [0.05, 0.1) is 0 Å². The number of hydrogen-bond acceptors (Lipinski definition) is 1. The van der Waals surface area contributed by atoms with Crippen molar-refractivity contribution in [2.24, 2.45) is 0 Å². The van der Waals surface area contributed by atoms with Gasteiger partial charge in [-0.2, -0.15) is 5.75 Å². The fourth-order valence-corrected chi connectivity index (χ4v) is 0. The third-order valence-electron chi connectivity index (χ3n) is 0. The summed E-state index contributed by atoms with van der Waals surface area (Å²) in [5.74, 6) is 0.833. The molecule has 0 radical (unpaired) electrons. The summed E-state index contributed by atoms with van der Waals surface area (Å²) in [5, 5.41) is 0. The van der Waals surface area contributed by atoms with Crippen LogP contribution in [0.4, 0.5) is 0 Å². The van der Waals surface area contributed by atoms with E-state index in [1.165, 1.54) is 0 Å². The Morgan fingerprint density at radius 1 is 1.00 bits per heavy atom. The topological polar surface area (TPSA) is 0 Å². The van der Waals surface area contributed by atoms with Crippen molar-refractivity contribution in [3.05, 3.63) is 7.43 Å². The predicted octanol–water partition coefficient (Wildman–Crippen LogP) is -3.08. The van der Waals surface area contributed by atoms with Crippen molar-refractivity contribution in [3.63, 3.8) is 0 Å². The molecule has 0 fully saturated rings. The van der Waals surface area contributed by atoms with Crippen LogP contribution in [0.1, 0.15) is 29.2 Å². The van der Waals surface area contributed by atoms with E-state index in [0.29, 0.717) is 0 Å². The smallest absolute Gasteiger partial charge is 0.793 e. The van der Waals surface area contributed by atoms with Crippen LogP contribution in [0.2, 0.25) is 0 Å². The van der Waals surface area contributed by atoms with E-state index < -0.39 is 0 Å². The summed E-state index contributed by atoms with van der Waals surface area (Å²) in [7, 11) is 0. The molecule has 52 valence electrons. The van der Waals surface area contributed by atoms with E-state index in [1.807, 2.05) is 6.92 Å². The van der Waals surface area contributed by atoms with Crippen LogP contribution < -0.4 is 103 Å². The quantitative estimate of drug-likeness (QED) is 0.228. The number of rotatable bonds is 0. The molecule has 0 aromatic heterocycles. The minimum Gasteiger partial charge on any atom is -0.793 e. The van der Waals surface area contributed by atoms with Crippen molar-refractivity contribution in [3.8, 4) is 0 Å². The predicted molar refractivity (Wildman–Crippen MR) is 44.5 cm³/mol. The Morgan fingerprint density at radius 2 is 1.00 bits per heavy atom. The molecule has 0 saturated heterocycles. The molecule has 0 aliphatic heterocycles. The molecule has 0 aliphatic carbocycles. The van der Waals surface area contributed by atoms with E-state index in [2.05, 4.69) is 12.6 Å². The summed E-state index contributed by atoms with van der Waals surface area (Å²) in [6, 6.07) is 0. The van der Waals surface area contributed by atoms with Gasteiger partial charge in [-0.25, -0.2) is 0 Å². The van der Waals surface area contributed by atoms with Crippen LogP contribution in [0.25, 0.3) is 0 Å².